The summed E-state index contributed by atoms with van der Waals surface area (Å²) in [7, 11) is 0. The lowest BCUT2D eigenvalue weighted by atomic mass is 10.1. The molecule has 1 saturated heterocycles. The number of nitrogens with one attached hydrogen (secondary N) is 1. The van der Waals surface area contributed by atoms with E-state index in [1.807, 2.05) is 12.1 Å². The van der Waals surface area contributed by atoms with Gasteiger partial charge in [-0.2, -0.15) is 0 Å². The molecule has 2 heterocycles. The van der Waals surface area contributed by atoms with E-state index in [-0.39, 0.29) is 0 Å². The highest BCUT2D eigenvalue weighted by molar-refractivity contribution is 9.10. The van der Waals surface area contributed by atoms with Gasteiger partial charge in [-0.15, -0.1) is 0 Å². The molecular weight excluding hydrogens is 330 g/mol. The smallest absolute Gasteiger partial charge is 0.0743 e. The third kappa shape index (κ3) is 3.47. The molecule has 21 heavy (non-hydrogen) atoms. The summed E-state index contributed by atoms with van der Waals surface area (Å²) in [6.07, 6.45) is 6.75. The topological polar surface area (TPSA) is 60.2 Å². The number of hydrogen-bond acceptors (Lipinski definition) is 4. The quantitative estimate of drug-likeness (QED) is 0.877. The zero-order chi connectivity index (χ0) is 14.7. The van der Waals surface area contributed by atoms with Gasteiger partial charge in [-0.05, 0) is 43.9 Å². The van der Waals surface area contributed by atoms with Crippen LogP contribution in [-0.4, -0.2) is 24.2 Å². The fourth-order valence-electron chi connectivity index (χ4n) is 2.77. The molecule has 1 fully saturated rings. The Morgan fingerprint density at radius 3 is 3.10 bits per heavy atom. The molecule has 2 aromatic rings. The lowest BCUT2D eigenvalue weighted by Gasteiger charge is -2.23. The van der Waals surface area contributed by atoms with Gasteiger partial charge in [0, 0.05) is 23.0 Å². The Morgan fingerprint density at radius 1 is 1.38 bits per heavy atom. The standard InChI is InChI=1S/C16H20BrN3O/c17-11-4-5-15-13(9-11)16(14(18)10-20-15)19-7-6-12-3-1-2-8-21-12/h4-5,9-10,12H,1-3,6-8,18H2,(H,19,20). The molecule has 0 amide bonds. The minimum Gasteiger partial charge on any atom is -0.396 e. The summed E-state index contributed by atoms with van der Waals surface area (Å²) >= 11 is 3.51. The summed E-state index contributed by atoms with van der Waals surface area (Å²) in [5, 5.41) is 4.51. The molecule has 1 atom stereocenters. The van der Waals surface area contributed by atoms with Crippen LogP contribution in [0.5, 0.6) is 0 Å². The molecule has 0 radical (unpaired) electrons. The minimum atomic E-state index is 0.382. The van der Waals surface area contributed by atoms with Crippen LogP contribution in [0.2, 0.25) is 0 Å². The first kappa shape index (κ1) is 14.6. The Balaban J connectivity index is 1.73. The molecule has 3 N–H and O–H groups in total. The van der Waals surface area contributed by atoms with Gasteiger partial charge in [-0.1, -0.05) is 15.9 Å². The van der Waals surface area contributed by atoms with E-state index in [0.29, 0.717) is 11.8 Å². The van der Waals surface area contributed by atoms with Crippen molar-refractivity contribution in [3.05, 3.63) is 28.9 Å². The average molecular weight is 350 g/mol. The van der Waals surface area contributed by atoms with E-state index in [2.05, 4.69) is 32.3 Å². The average Bonchev–Trinajstić information content (AvgIpc) is 2.50. The van der Waals surface area contributed by atoms with E-state index in [0.717, 1.165) is 40.6 Å². The Hall–Kier alpha value is -1.33. The van der Waals surface area contributed by atoms with Crippen LogP contribution in [-0.2, 0) is 4.74 Å². The maximum Gasteiger partial charge on any atom is 0.0743 e. The predicted octanol–water partition coefficient (Wildman–Crippen LogP) is 3.95. The zero-order valence-corrected chi connectivity index (χ0v) is 13.5. The minimum absolute atomic E-state index is 0.382. The van der Waals surface area contributed by atoms with Crippen molar-refractivity contribution in [2.24, 2.45) is 0 Å². The van der Waals surface area contributed by atoms with Crippen LogP contribution in [0.1, 0.15) is 25.7 Å². The van der Waals surface area contributed by atoms with Crippen molar-refractivity contribution >= 4 is 38.2 Å². The van der Waals surface area contributed by atoms with Gasteiger partial charge < -0.3 is 15.8 Å². The predicted molar refractivity (Wildman–Crippen MR) is 90.6 cm³/mol. The van der Waals surface area contributed by atoms with Gasteiger partial charge in [0.25, 0.3) is 0 Å². The molecule has 0 spiro atoms. The summed E-state index contributed by atoms with van der Waals surface area (Å²) in [4.78, 5) is 4.37. The molecule has 0 bridgehead atoms. The first-order valence-corrected chi connectivity index (χ1v) is 8.22. The Kier molecular flexibility index (Phi) is 4.60. The van der Waals surface area contributed by atoms with E-state index in [4.69, 9.17) is 10.5 Å². The Morgan fingerprint density at radius 2 is 2.29 bits per heavy atom. The van der Waals surface area contributed by atoms with Crippen LogP contribution >= 0.6 is 15.9 Å². The van der Waals surface area contributed by atoms with Gasteiger partial charge in [-0.3, -0.25) is 4.98 Å². The molecule has 1 aromatic carbocycles. The highest BCUT2D eigenvalue weighted by atomic mass is 79.9. The molecule has 112 valence electrons. The number of anilines is 2. The van der Waals surface area contributed by atoms with Crippen LogP contribution < -0.4 is 11.1 Å². The lowest BCUT2D eigenvalue weighted by Crippen LogP contribution is -2.22. The maximum absolute atomic E-state index is 6.08. The maximum atomic E-state index is 6.08. The van der Waals surface area contributed by atoms with Gasteiger partial charge in [0.05, 0.1) is 29.2 Å². The number of benzene rings is 1. The molecule has 0 aliphatic carbocycles. The number of rotatable bonds is 4. The fraction of sp³-hybridized carbons (Fsp3) is 0.438. The number of nitrogen functional groups attached to an aromatic ring is 1. The second kappa shape index (κ2) is 6.62. The number of nitrogens with two attached hydrogens (primary N) is 1. The summed E-state index contributed by atoms with van der Waals surface area (Å²) < 4.78 is 6.79. The first-order valence-electron chi connectivity index (χ1n) is 7.43. The van der Waals surface area contributed by atoms with E-state index in [1.54, 1.807) is 6.20 Å². The molecular formula is C16H20BrN3O. The molecule has 1 aliphatic rings. The van der Waals surface area contributed by atoms with Gasteiger partial charge in [0.1, 0.15) is 0 Å². The van der Waals surface area contributed by atoms with E-state index in [1.165, 1.54) is 19.3 Å². The molecule has 1 aromatic heterocycles. The summed E-state index contributed by atoms with van der Waals surface area (Å²) in [6.45, 7) is 1.76. The van der Waals surface area contributed by atoms with Crippen molar-refractivity contribution in [3.8, 4) is 0 Å². The van der Waals surface area contributed by atoms with Crippen molar-refractivity contribution in [2.45, 2.75) is 31.8 Å². The van der Waals surface area contributed by atoms with Gasteiger partial charge in [-0.25, -0.2) is 0 Å². The number of pyridine rings is 1. The zero-order valence-electron chi connectivity index (χ0n) is 11.9. The SMILES string of the molecule is Nc1cnc2ccc(Br)cc2c1NCCC1CCCCO1. The highest BCUT2D eigenvalue weighted by Gasteiger charge is 2.14. The molecule has 3 rings (SSSR count). The third-order valence-electron chi connectivity index (χ3n) is 3.90. The lowest BCUT2D eigenvalue weighted by molar-refractivity contribution is 0.0134. The largest absolute Gasteiger partial charge is 0.396 e. The number of nitrogens with zero attached hydrogens (tertiary/aromatic N) is 1. The second-order valence-corrected chi connectivity index (χ2v) is 6.37. The van der Waals surface area contributed by atoms with Gasteiger partial charge in [0.2, 0.25) is 0 Å². The normalized spacial score (nSPS) is 18.8. The number of ether oxygens (including phenoxy) is 1. The van der Waals surface area contributed by atoms with E-state index in [9.17, 15) is 0 Å². The summed E-state index contributed by atoms with van der Waals surface area (Å²) in [5.41, 5.74) is 8.69. The van der Waals surface area contributed by atoms with Crippen molar-refractivity contribution in [3.63, 3.8) is 0 Å². The van der Waals surface area contributed by atoms with Crippen molar-refractivity contribution in [1.82, 2.24) is 4.98 Å². The van der Waals surface area contributed by atoms with E-state index < -0.39 is 0 Å². The molecule has 0 saturated carbocycles. The van der Waals surface area contributed by atoms with Crippen molar-refractivity contribution in [1.29, 1.82) is 0 Å². The number of hydrogen-bond donors (Lipinski definition) is 2. The third-order valence-corrected chi connectivity index (χ3v) is 4.39. The Bertz CT molecular complexity index is 621. The van der Waals surface area contributed by atoms with Gasteiger partial charge >= 0.3 is 0 Å². The monoisotopic (exact) mass is 349 g/mol. The summed E-state index contributed by atoms with van der Waals surface area (Å²) in [5.74, 6) is 0. The van der Waals surface area contributed by atoms with Crippen LogP contribution in [0.3, 0.4) is 0 Å². The Labute approximate surface area is 133 Å². The van der Waals surface area contributed by atoms with Crippen LogP contribution in [0.15, 0.2) is 28.9 Å². The molecule has 1 unspecified atom stereocenters. The number of halogens is 1. The fourth-order valence-corrected chi connectivity index (χ4v) is 3.13. The number of fused-ring (bicyclic) bond motifs is 1. The summed E-state index contributed by atoms with van der Waals surface area (Å²) in [6, 6.07) is 6.04. The van der Waals surface area contributed by atoms with Crippen molar-refractivity contribution in [2.75, 3.05) is 24.2 Å². The number of aromatic nitrogens is 1. The molecule has 1 aliphatic heterocycles. The first-order chi connectivity index (χ1) is 10.2. The molecule has 4 nitrogen and oxygen atoms in total. The second-order valence-electron chi connectivity index (χ2n) is 5.45. The van der Waals surface area contributed by atoms with Gasteiger partial charge in [0.15, 0.2) is 0 Å². The van der Waals surface area contributed by atoms with E-state index >= 15 is 0 Å². The van der Waals surface area contributed by atoms with Crippen LogP contribution in [0.4, 0.5) is 11.4 Å². The van der Waals surface area contributed by atoms with Crippen LogP contribution in [0, 0.1) is 0 Å². The van der Waals surface area contributed by atoms with Crippen molar-refractivity contribution < 1.29 is 4.74 Å². The molecule has 5 heteroatoms. The van der Waals surface area contributed by atoms with Crippen LogP contribution in [0.25, 0.3) is 10.9 Å². The highest BCUT2D eigenvalue weighted by Crippen LogP contribution is 2.30.